The van der Waals surface area contributed by atoms with Crippen molar-refractivity contribution in [3.05, 3.63) is 0 Å². The SMILES string of the molecule is O=C(O)CNC(=O)[C@@H]1CCCN1C(=O)C(F)(F)F. The summed E-state index contributed by atoms with van der Waals surface area (Å²) in [4.78, 5) is 33.1. The molecule has 1 heterocycles. The number of hydrogen-bond donors (Lipinski definition) is 2. The molecule has 2 amide bonds. The standard InChI is InChI=1S/C9H11F3N2O4/c10-9(11,12)8(18)14-3-1-2-5(14)7(17)13-4-6(15)16/h5H,1-4H2,(H,13,17)(H,15,16)/t5-/m0/s1. The fraction of sp³-hybridized carbons (Fsp3) is 0.667. The van der Waals surface area contributed by atoms with Gasteiger partial charge in [0.15, 0.2) is 0 Å². The highest BCUT2D eigenvalue weighted by Gasteiger charge is 2.47. The van der Waals surface area contributed by atoms with Gasteiger partial charge in [0, 0.05) is 6.54 Å². The van der Waals surface area contributed by atoms with Crippen LogP contribution in [0.5, 0.6) is 0 Å². The maximum absolute atomic E-state index is 12.2. The predicted molar refractivity (Wildman–Crippen MR) is 51.4 cm³/mol. The molecule has 9 heteroatoms. The molecule has 1 saturated heterocycles. The van der Waals surface area contributed by atoms with E-state index < -0.39 is 36.5 Å². The Kier molecular flexibility index (Phi) is 4.15. The van der Waals surface area contributed by atoms with Gasteiger partial charge in [-0.1, -0.05) is 0 Å². The summed E-state index contributed by atoms with van der Waals surface area (Å²) in [6.45, 7) is -0.854. The number of halogens is 3. The van der Waals surface area contributed by atoms with Gasteiger partial charge in [0.1, 0.15) is 12.6 Å². The van der Waals surface area contributed by atoms with Crippen LogP contribution in [0.2, 0.25) is 0 Å². The number of aliphatic carboxylic acids is 1. The largest absolute Gasteiger partial charge is 0.480 e. The van der Waals surface area contributed by atoms with Crippen molar-refractivity contribution >= 4 is 17.8 Å². The van der Waals surface area contributed by atoms with E-state index in [1.165, 1.54) is 0 Å². The highest BCUT2D eigenvalue weighted by atomic mass is 19.4. The lowest BCUT2D eigenvalue weighted by Gasteiger charge is -2.24. The number of amides is 2. The Labute approximate surface area is 99.7 Å². The number of carbonyl (C=O) groups is 3. The molecule has 6 nitrogen and oxygen atoms in total. The molecule has 0 bridgehead atoms. The molecule has 0 aromatic carbocycles. The van der Waals surface area contributed by atoms with E-state index in [0.29, 0.717) is 4.90 Å². The number of carboxylic acids is 1. The second-order valence-electron chi connectivity index (χ2n) is 3.77. The highest BCUT2D eigenvalue weighted by molar-refractivity contribution is 5.91. The van der Waals surface area contributed by atoms with Crippen molar-refractivity contribution in [3.8, 4) is 0 Å². The van der Waals surface area contributed by atoms with Gasteiger partial charge in [-0.3, -0.25) is 14.4 Å². The molecule has 1 rings (SSSR count). The van der Waals surface area contributed by atoms with Gasteiger partial charge in [-0.2, -0.15) is 13.2 Å². The fourth-order valence-corrected chi connectivity index (χ4v) is 1.73. The van der Waals surface area contributed by atoms with E-state index in [0.717, 1.165) is 0 Å². The number of carbonyl (C=O) groups excluding carboxylic acids is 2. The van der Waals surface area contributed by atoms with Gasteiger partial charge in [0.2, 0.25) is 5.91 Å². The molecule has 102 valence electrons. The summed E-state index contributed by atoms with van der Waals surface area (Å²) >= 11 is 0. The van der Waals surface area contributed by atoms with E-state index in [-0.39, 0.29) is 19.4 Å². The van der Waals surface area contributed by atoms with Crippen molar-refractivity contribution in [2.75, 3.05) is 13.1 Å². The van der Waals surface area contributed by atoms with E-state index in [9.17, 15) is 27.6 Å². The molecule has 1 aliphatic rings. The van der Waals surface area contributed by atoms with Crippen LogP contribution in [0.1, 0.15) is 12.8 Å². The third-order valence-corrected chi connectivity index (χ3v) is 2.47. The van der Waals surface area contributed by atoms with E-state index in [1.54, 1.807) is 0 Å². The number of likely N-dealkylation sites (tertiary alicyclic amines) is 1. The highest BCUT2D eigenvalue weighted by Crippen LogP contribution is 2.25. The molecule has 0 unspecified atom stereocenters. The van der Waals surface area contributed by atoms with Crippen LogP contribution in [0.15, 0.2) is 0 Å². The van der Waals surface area contributed by atoms with Crippen molar-refractivity contribution in [1.82, 2.24) is 10.2 Å². The van der Waals surface area contributed by atoms with Crippen LogP contribution >= 0.6 is 0 Å². The third-order valence-electron chi connectivity index (χ3n) is 2.47. The van der Waals surface area contributed by atoms with Crippen LogP contribution in [-0.4, -0.2) is 53.1 Å². The first kappa shape index (κ1) is 14.3. The van der Waals surface area contributed by atoms with E-state index in [1.807, 2.05) is 5.32 Å². The maximum Gasteiger partial charge on any atom is 0.471 e. The molecule has 0 aromatic rings. The first-order chi connectivity index (χ1) is 8.23. The average molecular weight is 268 g/mol. The Morgan fingerprint density at radius 3 is 2.44 bits per heavy atom. The molecule has 1 atom stereocenters. The number of nitrogens with one attached hydrogen (secondary N) is 1. The van der Waals surface area contributed by atoms with E-state index in [4.69, 9.17) is 5.11 Å². The Bertz CT molecular complexity index is 369. The summed E-state index contributed by atoms with van der Waals surface area (Å²) in [7, 11) is 0. The number of nitrogens with zero attached hydrogens (tertiary/aromatic N) is 1. The zero-order valence-corrected chi connectivity index (χ0v) is 9.16. The molecule has 18 heavy (non-hydrogen) atoms. The Hall–Kier alpha value is -1.80. The van der Waals surface area contributed by atoms with Crippen molar-refractivity contribution < 1.29 is 32.7 Å². The quantitative estimate of drug-likeness (QED) is 0.738. The lowest BCUT2D eigenvalue weighted by atomic mass is 10.2. The molecule has 0 aliphatic carbocycles. The summed E-state index contributed by atoms with van der Waals surface area (Å²) < 4.78 is 36.7. The third kappa shape index (κ3) is 3.34. The zero-order valence-electron chi connectivity index (χ0n) is 9.16. The minimum atomic E-state index is -5.03. The van der Waals surface area contributed by atoms with Crippen LogP contribution < -0.4 is 5.32 Å². The Morgan fingerprint density at radius 2 is 1.94 bits per heavy atom. The van der Waals surface area contributed by atoms with Crippen LogP contribution in [0.25, 0.3) is 0 Å². The average Bonchev–Trinajstić information content (AvgIpc) is 2.71. The summed E-state index contributed by atoms with van der Waals surface area (Å²) in [6, 6.07) is -1.25. The van der Waals surface area contributed by atoms with E-state index in [2.05, 4.69) is 0 Å². The summed E-state index contributed by atoms with van der Waals surface area (Å²) in [5.41, 5.74) is 0. The van der Waals surface area contributed by atoms with E-state index >= 15 is 0 Å². The monoisotopic (exact) mass is 268 g/mol. The van der Waals surface area contributed by atoms with Gasteiger partial charge in [-0.25, -0.2) is 0 Å². The van der Waals surface area contributed by atoms with Crippen LogP contribution in [-0.2, 0) is 14.4 Å². The first-order valence-electron chi connectivity index (χ1n) is 5.10. The number of rotatable bonds is 3. The minimum absolute atomic E-state index is 0.0905. The second-order valence-corrected chi connectivity index (χ2v) is 3.77. The minimum Gasteiger partial charge on any atom is -0.480 e. The second kappa shape index (κ2) is 5.23. The molecule has 1 aliphatic heterocycles. The van der Waals surface area contributed by atoms with Gasteiger partial charge in [0.05, 0.1) is 0 Å². The lowest BCUT2D eigenvalue weighted by molar-refractivity contribution is -0.186. The van der Waals surface area contributed by atoms with Gasteiger partial charge in [0.25, 0.3) is 0 Å². The van der Waals surface area contributed by atoms with Gasteiger partial charge >= 0.3 is 18.1 Å². The summed E-state index contributed by atoms with van der Waals surface area (Å²) in [5, 5.41) is 10.3. The normalized spacial score (nSPS) is 19.7. The molecule has 1 fully saturated rings. The molecule has 0 radical (unpaired) electrons. The topological polar surface area (TPSA) is 86.7 Å². The number of alkyl halides is 3. The van der Waals surface area contributed by atoms with Crippen molar-refractivity contribution in [2.24, 2.45) is 0 Å². The molecular weight excluding hydrogens is 257 g/mol. The van der Waals surface area contributed by atoms with Gasteiger partial charge in [-0.05, 0) is 12.8 Å². The predicted octanol–water partition coefficient (Wildman–Crippen LogP) is -0.260. The lowest BCUT2D eigenvalue weighted by Crippen LogP contribution is -2.50. The molecule has 0 saturated carbocycles. The fourth-order valence-electron chi connectivity index (χ4n) is 1.73. The summed E-state index contributed by atoms with van der Waals surface area (Å²) in [6.07, 6.45) is -4.67. The molecule has 2 N–H and O–H groups in total. The Morgan fingerprint density at radius 1 is 1.33 bits per heavy atom. The van der Waals surface area contributed by atoms with Crippen molar-refractivity contribution in [2.45, 2.75) is 25.1 Å². The van der Waals surface area contributed by atoms with Crippen LogP contribution in [0.3, 0.4) is 0 Å². The van der Waals surface area contributed by atoms with Gasteiger partial charge < -0.3 is 15.3 Å². The first-order valence-corrected chi connectivity index (χ1v) is 5.10. The smallest absolute Gasteiger partial charge is 0.471 e. The van der Waals surface area contributed by atoms with Crippen LogP contribution in [0.4, 0.5) is 13.2 Å². The number of carboxylic acid groups (broad SMARTS) is 1. The maximum atomic E-state index is 12.2. The molecule has 0 aromatic heterocycles. The number of hydrogen-bond acceptors (Lipinski definition) is 3. The Balaban J connectivity index is 2.67. The summed E-state index contributed by atoms with van der Waals surface area (Å²) in [5.74, 6) is -4.27. The van der Waals surface area contributed by atoms with Crippen molar-refractivity contribution in [3.63, 3.8) is 0 Å². The molecule has 0 spiro atoms. The van der Waals surface area contributed by atoms with Crippen LogP contribution in [0, 0.1) is 0 Å². The van der Waals surface area contributed by atoms with Crippen molar-refractivity contribution in [1.29, 1.82) is 0 Å². The molecular formula is C9H11F3N2O4. The zero-order chi connectivity index (χ0) is 13.9. The van der Waals surface area contributed by atoms with Gasteiger partial charge in [-0.15, -0.1) is 0 Å².